The second-order valence-corrected chi connectivity index (χ2v) is 6.94. The number of benzene rings is 1. The fourth-order valence-corrected chi connectivity index (χ4v) is 3.61. The average molecular weight is 317 g/mol. The van der Waals surface area contributed by atoms with Crippen molar-refractivity contribution in [2.24, 2.45) is 5.92 Å². The van der Waals surface area contributed by atoms with Gasteiger partial charge in [0.2, 0.25) is 0 Å². The molecule has 1 aliphatic carbocycles. The van der Waals surface area contributed by atoms with Gasteiger partial charge >= 0.3 is 6.09 Å². The lowest BCUT2D eigenvalue weighted by Gasteiger charge is -2.28. The standard InChI is InChI=1S/C19H27NO3/c1-14-12-20(19(21)22-14)13-16-8-10-18(11-9-16)23-15(2)17-6-4-3-5-7-17/h8-11,14-15,17H,3-7,12-13H2,1-2H3. The third kappa shape index (κ3) is 4.18. The van der Waals surface area contributed by atoms with Crippen molar-refractivity contribution in [3.05, 3.63) is 29.8 Å². The summed E-state index contributed by atoms with van der Waals surface area (Å²) in [4.78, 5) is 13.4. The van der Waals surface area contributed by atoms with Gasteiger partial charge in [-0.2, -0.15) is 0 Å². The van der Waals surface area contributed by atoms with Crippen LogP contribution < -0.4 is 4.74 Å². The Balaban J connectivity index is 1.53. The van der Waals surface area contributed by atoms with Crippen LogP contribution >= 0.6 is 0 Å². The molecule has 2 fully saturated rings. The number of cyclic esters (lactones) is 1. The average Bonchev–Trinajstić information content (AvgIpc) is 2.87. The quantitative estimate of drug-likeness (QED) is 0.809. The maximum Gasteiger partial charge on any atom is 0.410 e. The summed E-state index contributed by atoms with van der Waals surface area (Å²) in [5, 5.41) is 0. The summed E-state index contributed by atoms with van der Waals surface area (Å²) in [6, 6.07) is 8.11. The fraction of sp³-hybridized carbons (Fsp3) is 0.632. The van der Waals surface area contributed by atoms with Crippen LogP contribution in [0.4, 0.5) is 4.79 Å². The summed E-state index contributed by atoms with van der Waals surface area (Å²) in [5.74, 6) is 1.61. The van der Waals surface area contributed by atoms with Gasteiger partial charge in [-0.1, -0.05) is 31.4 Å². The highest BCUT2D eigenvalue weighted by molar-refractivity contribution is 5.69. The lowest BCUT2D eigenvalue weighted by atomic mass is 9.86. The van der Waals surface area contributed by atoms with E-state index in [-0.39, 0.29) is 18.3 Å². The van der Waals surface area contributed by atoms with Gasteiger partial charge in [-0.05, 0) is 50.3 Å². The van der Waals surface area contributed by atoms with Crippen molar-refractivity contribution in [2.75, 3.05) is 6.54 Å². The highest BCUT2D eigenvalue weighted by Gasteiger charge is 2.27. The van der Waals surface area contributed by atoms with Gasteiger partial charge in [0.1, 0.15) is 11.9 Å². The lowest BCUT2D eigenvalue weighted by Crippen LogP contribution is -2.25. The molecule has 23 heavy (non-hydrogen) atoms. The number of rotatable bonds is 5. The van der Waals surface area contributed by atoms with E-state index in [1.54, 1.807) is 4.90 Å². The van der Waals surface area contributed by atoms with Gasteiger partial charge in [0.05, 0.1) is 12.6 Å². The van der Waals surface area contributed by atoms with E-state index in [1.807, 2.05) is 31.2 Å². The van der Waals surface area contributed by atoms with Crippen LogP contribution in [0.1, 0.15) is 51.5 Å². The molecule has 0 aromatic heterocycles. The molecule has 1 saturated carbocycles. The summed E-state index contributed by atoms with van der Waals surface area (Å²) >= 11 is 0. The molecule has 2 atom stereocenters. The Morgan fingerprint density at radius 3 is 2.52 bits per heavy atom. The zero-order valence-corrected chi connectivity index (χ0v) is 14.2. The topological polar surface area (TPSA) is 38.8 Å². The van der Waals surface area contributed by atoms with Crippen LogP contribution in [-0.4, -0.2) is 29.7 Å². The summed E-state index contributed by atoms with van der Waals surface area (Å²) < 4.78 is 11.3. The van der Waals surface area contributed by atoms with Crippen molar-refractivity contribution >= 4 is 6.09 Å². The van der Waals surface area contributed by atoms with Gasteiger partial charge in [0, 0.05) is 6.54 Å². The molecule has 3 rings (SSSR count). The van der Waals surface area contributed by atoms with Crippen LogP contribution in [0.2, 0.25) is 0 Å². The summed E-state index contributed by atoms with van der Waals surface area (Å²) in [5.41, 5.74) is 1.11. The molecule has 2 unspecified atom stereocenters. The SMILES string of the molecule is CC1CN(Cc2ccc(OC(C)C3CCCCC3)cc2)C(=O)O1. The Hall–Kier alpha value is -1.71. The number of amides is 1. The minimum absolute atomic E-state index is 0.0125. The van der Waals surface area contributed by atoms with Crippen molar-refractivity contribution < 1.29 is 14.3 Å². The minimum Gasteiger partial charge on any atom is -0.490 e. The normalized spacial score (nSPS) is 23.7. The summed E-state index contributed by atoms with van der Waals surface area (Å²) in [6.07, 6.45) is 6.66. The van der Waals surface area contributed by atoms with Crippen LogP contribution in [0, 0.1) is 5.92 Å². The first kappa shape index (κ1) is 16.2. The van der Waals surface area contributed by atoms with Crippen molar-refractivity contribution in [1.82, 2.24) is 4.90 Å². The number of hydrogen-bond donors (Lipinski definition) is 0. The van der Waals surface area contributed by atoms with Gasteiger partial charge in [-0.25, -0.2) is 4.79 Å². The molecule has 4 heteroatoms. The van der Waals surface area contributed by atoms with Gasteiger partial charge in [-0.15, -0.1) is 0 Å². The molecule has 1 aromatic carbocycles. The third-order valence-electron chi connectivity index (χ3n) is 4.97. The zero-order chi connectivity index (χ0) is 16.2. The smallest absolute Gasteiger partial charge is 0.410 e. The molecule has 4 nitrogen and oxygen atoms in total. The second-order valence-electron chi connectivity index (χ2n) is 6.94. The molecule has 1 aliphatic heterocycles. The lowest BCUT2D eigenvalue weighted by molar-refractivity contribution is 0.123. The molecule has 1 heterocycles. The minimum atomic E-state index is -0.219. The van der Waals surface area contributed by atoms with Crippen molar-refractivity contribution in [1.29, 1.82) is 0 Å². The van der Waals surface area contributed by atoms with Crippen molar-refractivity contribution in [3.8, 4) is 5.75 Å². The fourth-order valence-electron chi connectivity index (χ4n) is 3.61. The number of ether oxygens (including phenoxy) is 2. The zero-order valence-electron chi connectivity index (χ0n) is 14.2. The van der Waals surface area contributed by atoms with Crippen LogP contribution in [0.15, 0.2) is 24.3 Å². The van der Waals surface area contributed by atoms with Crippen LogP contribution in [0.5, 0.6) is 5.75 Å². The molecular formula is C19H27NO3. The monoisotopic (exact) mass is 317 g/mol. The van der Waals surface area contributed by atoms with E-state index in [4.69, 9.17) is 9.47 Å². The second kappa shape index (κ2) is 7.24. The third-order valence-corrected chi connectivity index (χ3v) is 4.97. The number of carbonyl (C=O) groups is 1. The summed E-state index contributed by atoms with van der Waals surface area (Å²) in [7, 11) is 0. The molecule has 0 bridgehead atoms. The highest BCUT2D eigenvalue weighted by Crippen LogP contribution is 2.29. The van der Waals surface area contributed by atoms with Gasteiger partial charge < -0.3 is 14.4 Å². The Bertz CT molecular complexity index is 522. The van der Waals surface area contributed by atoms with E-state index < -0.39 is 0 Å². The number of hydrogen-bond acceptors (Lipinski definition) is 3. The van der Waals surface area contributed by atoms with Gasteiger partial charge in [-0.3, -0.25) is 0 Å². The van der Waals surface area contributed by atoms with E-state index in [2.05, 4.69) is 6.92 Å². The Morgan fingerprint density at radius 1 is 1.22 bits per heavy atom. The number of carbonyl (C=O) groups excluding carboxylic acids is 1. The largest absolute Gasteiger partial charge is 0.490 e. The molecule has 1 amide bonds. The summed E-state index contributed by atoms with van der Waals surface area (Å²) in [6.45, 7) is 5.37. The predicted octanol–water partition coefficient (Wildman–Crippen LogP) is 4.37. The van der Waals surface area contributed by atoms with E-state index in [0.29, 0.717) is 19.0 Å². The molecule has 126 valence electrons. The molecule has 0 spiro atoms. The first-order chi connectivity index (χ1) is 11.1. The Labute approximate surface area is 138 Å². The van der Waals surface area contributed by atoms with E-state index in [9.17, 15) is 4.79 Å². The van der Waals surface area contributed by atoms with E-state index in [1.165, 1.54) is 32.1 Å². The Kier molecular flexibility index (Phi) is 5.09. The molecule has 0 N–H and O–H groups in total. The first-order valence-corrected chi connectivity index (χ1v) is 8.83. The molecule has 0 radical (unpaired) electrons. The van der Waals surface area contributed by atoms with Crippen molar-refractivity contribution in [2.45, 2.75) is 64.7 Å². The van der Waals surface area contributed by atoms with E-state index >= 15 is 0 Å². The van der Waals surface area contributed by atoms with Crippen LogP contribution in [0.25, 0.3) is 0 Å². The molecular weight excluding hydrogens is 290 g/mol. The molecule has 2 aliphatic rings. The van der Waals surface area contributed by atoms with Crippen LogP contribution in [-0.2, 0) is 11.3 Å². The van der Waals surface area contributed by atoms with Crippen LogP contribution in [0.3, 0.4) is 0 Å². The Morgan fingerprint density at radius 2 is 1.91 bits per heavy atom. The van der Waals surface area contributed by atoms with E-state index in [0.717, 1.165) is 11.3 Å². The molecule has 1 aromatic rings. The number of nitrogens with zero attached hydrogens (tertiary/aromatic N) is 1. The maximum absolute atomic E-state index is 11.7. The van der Waals surface area contributed by atoms with Crippen molar-refractivity contribution in [3.63, 3.8) is 0 Å². The molecule has 1 saturated heterocycles. The first-order valence-electron chi connectivity index (χ1n) is 8.83. The van der Waals surface area contributed by atoms with Gasteiger partial charge in [0.25, 0.3) is 0 Å². The maximum atomic E-state index is 11.7. The van der Waals surface area contributed by atoms with Gasteiger partial charge in [0.15, 0.2) is 0 Å². The highest BCUT2D eigenvalue weighted by atomic mass is 16.6. The predicted molar refractivity (Wildman–Crippen MR) is 89.5 cm³/mol.